The molecule has 0 spiro atoms. The first-order valence-corrected chi connectivity index (χ1v) is 5.98. The number of benzene rings is 1. The molecule has 1 N–H and O–H groups in total. The van der Waals surface area contributed by atoms with Crippen LogP contribution < -0.4 is 4.90 Å². The van der Waals surface area contributed by atoms with E-state index in [0.717, 1.165) is 24.2 Å². The lowest BCUT2D eigenvalue weighted by Crippen LogP contribution is -2.26. The number of amides is 1. The van der Waals surface area contributed by atoms with Crippen molar-refractivity contribution in [1.82, 2.24) is 0 Å². The summed E-state index contributed by atoms with van der Waals surface area (Å²) in [5.41, 5.74) is 3.12. The van der Waals surface area contributed by atoms with Gasteiger partial charge in [-0.25, -0.2) is 0 Å². The summed E-state index contributed by atoms with van der Waals surface area (Å²) >= 11 is 0. The van der Waals surface area contributed by atoms with E-state index in [4.69, 9.17) is 0 Å². The lowest BCUT2D eigenvalue weighted by Gasteiger charge is -2.25. The van der Waals surface area contributed by atoms with E-state index in [9.17, 15) is 9.90 Å². The molecule has 0 atom stereocenters. The van der Waals surface area contributed by atoms with Crippen LogP contribution >= 0.6 is 0 Å². The fraction of sp³-hybridized carbons (Fsp3) is 0.500. The molecular formula is C14H19NO2. The summed E-state index contributed by atoms with van der Waals surface area (Å²) in [6, 6.07) is 6.01. The molecule has 1 amide bonds. The van der Waals surface area contributed by atoms with Crippen molar-refractivity contribution in [2.45, 2.75) is 32.6 Å². The van der Waals surface area contributed by atoms with Crippen molar-refractivity contribution < 1.29 is 9.90 Å². The highest BCUT2D eigenvalue weighted by Gasteiger charge is 2.29. The van der Waals surface area contributed by atoms with Gasteiger partial charge in [0, 0.05) is 24.6 Å². The van der Waals surface area contributed by atoms with Crippen LogP contribution in [0.1, 0.15) is 31.9 Å². The van der Waals surface area contributed by atoms with E-state index in [-0.39, 0.29) is 17.9 Å². The normalized spacial score (nSPS) is 14.9. The summed E-state index contributed by atoms with van der Waals surface area (Å²) in [4.78, 5) is 13.3. The number of carbonyl (C=O) groups excluding carboxylic acids is 1. The highest BCUT2D eigenvalue weighted by atomic mass is 16.3. The molecule has 1 aromatic carbocycles. The van der Waals surface area contributed by atoms with Crippen LogP contribution in [0.5, 0.6) is 0 Å². The molecule has 0 unspecified atom stereocenters. The van der Waals surface area contributed by atoms with Gasteiger partial charge in [-0.1, -0.05) is 26.0 Å². The van der Waals surface area contributed by atoms with Gasteiger partial charge in [0.1, 0.15) is 0 Å². The van der Waals surface area contributed by atoms with Gasteiger partial charge in [0.25, 0.3) is 0 Å². The van der Waals surface area contributed by atoms with Gasteiger partial charge in [-0.05, 0) is 23.6 Å². The Labute approximate surface area is 102 Å². The molecule has 2 rings (SSSR count). The van der Waals surface area contributed by atoms with Crippen molar-refractivity contribution in [3.63, 3.8) is 0 Å². The van der Waals surface area contributed by atoms with Crippen molar-refractivity contribution in [3.8, 4) is 0 Å². The zero-order valence-electron chi connectivity index (χ0n) is 10.7. The zero-order valence-corrected chi connectivity index (χ0v) is 10.7. The van der Waals surface area contributed by atoms with Gasteiger partial charge in [0.2, 0.25) is 5.91 Å². The van der Waals surface area contributed by atoms with Gasteiger partial charge < -0.3 is 10.0 Å². The van der Waals surface area contributed by atoms with Gasteiger partial charge >= 0.3 is 0 Å². The number of aliphatic hydroxyl groups excluding tert-OH is 1. The van der Waals surface area contributed by atoms with Crippen LogP contribution in [0.15, 0.2) is 18.2 Å². The van der Waals surface area contributed by atoms with E-state index in [1.165, 1.54) is 5.56 Å². The smallest absolute Gasteiger partial charge is 0.223 e. The third-order valence-electron chi connectivity index (χ3n) is 3.53. The standard InChI is InChI=1S/C14H19NO2/c1-10(17)15-8-7-11-12(14(2,3)9-16)5-4-6-13(11)15/h4-6,16H,7-9H2,1-3H3. The van der Waals surface area contributed by atoms with Crippen molar-refractivity contribution >= 4 is 11.6 Å². The molecule has 3 heteroatoms. The van der Waals surface area contributed by atoms with Crippen LogP contribution in [-0.4, -0.2) is 24.2 Å². The van der Waals surface area contributed by atoms with E-state index >= 15 is 0 Å². The second-order valence-corrected chi connectivity index (χ2v) is 5.27. The molecule has 1 aliphatic rings. The van der Waals surface area contributed by atoms with Crippen LogP contribution in [0.4, 0.5) is 5.69 Å². The minimum absolute atomic E-state index is 0.0858. The fourth-order valence-electron chi connectivity index (χ4n) is 2.48. The molecule has 0 aliphatic carbocycles. The Bertz CT molecular complexity index is 452. The average Bonchev–Trinajstić information content (AvgIpc) is 2.72. The third-order valence-corrected chi connectivity index (χ3v) is 3.53. The van der Waals surface area contributed by atoms with Crippen LogP contribution in [0.2, 0.25) is 0 Å². The van der Waals surface area contributed by atoms with Gasteiger partial charge in [-0.2, -0.15) is 0 Å². The van der Waals surface area contributed by atoms with Crippen LogP contribution in [0.25, 0.3) is 0 Å². The maximum Gasteiger partial charge on any atom is 0.223 e. The molecule has 0 fully saturated rings. The molecule has 17 heavy (non-hydrogen) atoms. The number of nitrogens with zero attached hydrogens (tertiary/aromatic N) is 1. The summed E-state index contributed by atoms with van der Waals surface area (Å²) in [6.07, 6.45) is 0.883. The van der Waals surface area contributed by atoms with E-state index < -0.39 is 0 Å². The van der Waals surface area contributed by atoms with Crippen molar-refractivity contribution in [1.29, 1.82) is 0 Å². The summed E-state index contributed by atoms with van der Waals surface area (Å²) in [7, 11) is 0. The molecule has 0 aromatic heterocycles. The van der Waals surface area contributed by atoms with E-state index in [0.29, 0.717) is 0 Å². The van der Waals surface area contributed by atoms with Gasteiger partial charge in [-0.3, -0.25) is 4.79 Å². The SMILES string of the molecule is CC(=O)N1CCc2c1cccc2C(C)(C)CO. The molecule has 1 heterocycles. The molecule has 0 saturated heterocycles. The molecule has 92 valence electrons. The number of hydrogen-bond donors (Lipinski definition) is 1. The Morgan fingerprint density at radius 2 is 2.18 bits per heavy atom. The molecule has 0 radical (unpaired) electrons. The summed E-state index contributed by atoms with van der Waals surface area (Å²) in [5.74, 6) is 0.0858. The van der Waals surface area contributed by atoms with Crippen molar-refractivity contribution in [2.75, 3.05) is 18.1 Å². The number of aliphatic hydroxyl groups is 1. The van der Waals surface area contributed by atoms with Crippen LogP contribution in [0.3, 0.4) is 0 Å². The fourth-order valence-corrected chi connectivity index (χ4v) is 2.48. The average molecular weight is 233 g/mol. The summed E-state index contributed by atoms with van der Waals surface area (Å²) in [5, 5.41) is 9.47. The Balaban J connectivity index is 2.50. The van der Waals surface area contributed by atoms with Gasteiger partial charge in [0.15, 0.2) is 0 Å². The number of hydrogen-bond acceptors (Lipinski definition) is 2. The maximum absolute atomic E-state index is 11.5. The Morgan fingerprint density at radius 1 is 1.47 bits per heavy atom. The quantitative estimate of drug-likeness (QED) is 0.847. The first-order valence-electron chi connectivity index (χ1n) is 5.98. The third kappa shape index (κ3) is 1.95. The number of rotatable bonds is 2. The maximum atomic E-state index is 11.5. The topological polar surface area (TPSA) is 40.5 Å². The predicted octanol–water partition coefficient (Wildman–Crippen LogP) is 1.87. The molecule has 0 saturated carbocycles. The number of fused-ring (bicyclic) bond motifs is 1. The Hall–Kier alpha value is -1.35. The van der Waals surface area contributed by atoms with Gasteiger partial charge in [-0.15, -0.1) is 0 Å². The lowest BCUT2D eigenvalue weighted by atomic mass is 9.82. The van der Waals surface area contributed by atoms with Crippen molar-refractivity contribution in [2.24, 2.45) is 0 Å². The molecule has 1 aliphatic heterocycles. The van der Waals surface area contributed by atoms with E-state index in [1.54, 1.807) is 6.92 Å². The first-order chi connectivity index (χ1) is 7.97. The summed E-state index contributed by atoms with van der Waals surface area (Å²) in [6.45, 7) is 6.52. The monoisotopic (exact) mass is 233 g/mol. The van der Waals surface area contributed by atoms with Crippen LogP contribution in [-0.2, 0) is 16.6 Å². The first kappa shape index (κ1) is 12.1. The number of anilines is 1. The Morgan fingerprint density at radius 3 is 2.76 bits per heavy atom. The van der Waals surface area contributed by atoms with Gasteiger partial charge in [0.05, 0.1) is 6.61 Å². The minimum atomic E-state index is -0.252. The zero-order chi connectivity index (χ0) is 12.6. The molecule has 0 bridgehead atoms. The predicted molar refractivity (Wildman–Crippen MR) is 68.3 cm³/mol. The highest BCUT2D eigenvalue weighted by molar-refractivity contribution is 5.94. The Kier molecular flexibility index (Phi) is 2.96. The minimum Gasteiger partial charge on any atom is -0.395 e. The lowest BCUT2D eigenvalue weighted by molar-refractivity contribution is -0.116. The molecular weight excluding hydrogens is 214 g/mol. The molecule has 1 aromatic rings. The summed E-state index contributed by atoms with van der Waals surface area (Å²) < 4.78 is 0. The van der Waals surface area contributed by atoms with E-state index in [2.05, 4.69) is 6.07 Å². The van der Waals surface area contributed by atoms with Crippen LogP contribution in [0, 0.1) is 0 Å². The van der Waals surface area contributed by atoms with E-state index in [1.807, 2.05) is 30.9 Å². The largest absolute Gasteiger partial charge is 0.395 e. The second-order valence-electron chi connectivity index (χ2n) is 5.27. The highest BCUT2D eigenvalue weighted by Crippen LogP contribution is 2.36. The second kappa shape index (κ2) is 4.15. The molecule has 3 nitrogen and oxygen atoms in total. The van der Waals surface area contributed by atoms with Crippen molar-refractivity contribution in [3.05, 3.63) is 29.3 Å². The number of carbonyl (C=O) groups is 1.